The number of benzene rings is 8. The van der Waals surface area contributed by atoms with Crippen molar-refractivity contribution in [2.45, 2.75) is 5.41 Å². The Balaban J connectivity index is 1.14. The zero-order chi connectivity index (χ0) is 39.2. The molecule has 59 heavy (non-hydrogen) atoms. The van der Waals surface area contributed by atoms with Crippen molar-refractivity contribution < 1.29 is 0 Å². The average Bonchev–Trinajstić information content (AvgIpc) is 3.62. The van der Waals surface area contributed by atoms with Gasteiger partial charge in [-0.1, -0.05) is 188 Å². The maximum Gasteiger partial charge on any atom is 0.164 e. The van der Waals surface area contributed by atoms with Crippen LogP contribution >= 0.6 is 0 Å². The van der Waals surface area contributed by atoms with Crippen molar-refractivity contribution in [3.63, 3.8) is 0 Å². The zero-order valence-corrected chi connectivity index (χ0v) is 32.1. The maximum absolute atomic E-state index is 5.35. The van der Waals surface area contributed by atoms with Crippen molar-refractivity contribution in [3.8, 4) is 67.5 Å². The third kappa shape index (κ3) is 5.76. The van der Waals surface area contributed by atoms with Gasteiger partial charge in [0.25, 0.3) is 0 Å². The van der Waals surface area contributed by atoms with Crippen molar-refractivity contribution in [1.29, 1.82) is 0 Å². The number of rotatable bonds is 7. The molecule has 2 aromatic heterocycles. The number of fused-ring (bicyclic) bond motifs is 4. The topological polar surface area (TPSA) is 51.6 Å². The second-order valence-corrected chi connectivity index (χ2v) is 15.0. The number of hydrogen-bond acceptors (Lipinski definition) is 4. The van der Waals surface area contributed by atoms with Crippen LogP contribution in [0, 0.1) is 0 Å². The Kier molecular flexibility index (Phi) is 8.34. The van der Waals surface area contributed by atoms with E-state index in [0.717, 1.165) is 55.4 Å². The lowest BCUT2D eigenvalue weighted by Crippen LogP contribution is -2.29. The van der Waals surface area contributed by atoms with E-state index in [4.69, 9.17) is 19.9 Å². The summed E-state index contributed by atoms with van der Waals surface area (Å²) >= 11 is 0. The molecule has 276 valence electrons. The monoisotopic (exact) mass is 752 g/mol. The summed E-state index contributed by atoms with van der Waals surface area (Å²) in [6.45, 7) is 0. The highest BCUT2D eigenvalue weighted by molar-refractivity contribution is 6.04. The second kappa shape index (κ2) is 14.3. The number of nitrogens with zero attached hydrogens (tertiary/aromatic N) is 4. The summed E-state index contributed by atoms with van der Waals surface area (Å²) in [5, 5.41) is 2.23. The molecule has 10 aromatic rings. The molecule has 0 amide bonds. The van der Waals surface area contributed by atoms with E-state index in [1.165, 1.54) is 27.8 Å². The average molecular weight is 753 g/mol. The first-order valence-corrected chi connectivity index (χ1v) is 20.0. The lowest BCUT2D eigenvalue weighted by atomic mass is 9.69. The van der Waals surface area contributed by atoms with E-state index in [9.17, 15) is 0 Å². The molecule has 0 spiro atoms. The molecule has 4 heteroatoms. The fraction of sp³-hybridized carbons (Fsp3) is 0.0182. The molecule has 2 heterocycles. The molecule has 1 aliphatic rings. The largest absolute Gasteiger partial charge is 0.260 e. The summed E-state index contributed by atoms with van der Waals surface area (Å²) in [5.74, 6) is 1.84. The van der Waals surface area contributed by atoms with Gasteiger partial charge >= 0.3 is 0 Å². The van der Waals surface area contributed by atoms with Crippen LogP contribution in [0.25, 0.3) is 78.3 Å². The SMILES string of the molecule is c1ccc(-c2ccc(-c3nc(-c4ccc5c(c4)C(c4ccccc4)(c4ccccn4)c4ccccc4-5)nc(-c4ccc(-c5ccccc5)c5ccccc45)n3)cc2)cc1. The first-order valence-electron chi connectivity index (χ1n) is 20.0. The van der Waals surface area contributed by atoms with Crippen LogP contribution in [0.1, 0.15) is 22.4 Å². The minimum absolute atomic E-state index is 0.607. The lowest BCUT2D eigenvalue weighted by Gasteiger charge is -2.32. The fourth-order valence-corrected chi connectivity index (χ4v) is 8.99. The van der Waals surface area contributed by atoms with Crippen LogP contribution in [0.4, 0.5) is 0 Å². The molecular formula is C55H36N4. The highest BCUT2D eigenvalue weighted by Gasteiger charge is 2.47. The summed E-state index contributed by atoms with van der Waals surface area (Å²) < 4.78 is 0. The van der Waals surface area contributed by atoms with Crippen molar-refractivity contribution in [1.82, 2.24) is 19.9 Å². The van der Waals surface area contributed by atoms with Gasteiger partial charge in [0.05, 0.1) is 11.1 Å². The van der Waals surface area contributed by atoms with Gasteiger partial charge in [-0.05, 0) is 85.1 Å². The molecule has 8 aromatic carbocycles. The summed E-state index contributed by atoms with van der Waals surface area (Å²) in [6.07, 6.45) is 1.89. The van der Waals surface area contributed by atoms with E-state index in [-0.39, 0.29) is 0 Å². The summed E-state index contributed by atoms with van der Waals surface area (Å²) in [4.78, 5) is 20.9. The van der Waals surface area contributed by atoms with Crippen molar-refractivity contribution in [2.75, 3.05) is 0 Å². The number of aromatic nitrogens is 4. The number of hydrogen-bond donors (Lipinski definition) is 0. The van der Waals surface area contributed by atoms with Gasteiger partial charge < -0.3 is 0 Å². The molecule has 0 radical (unpaired) electrons. The Labute approximate surface area is 343 Å². The Morgan fingerprint density at radius 3 is 1.54 bits per heavy atom. The third-order valence-corrected chi connectivity index (χ3v) is 11.7. The van der Waals surface area contributed by atoms with Crippen LogP contribution in [-0.4, -0.2) is 19.9 Å². The molecule has 0 saturated heterocycles. The van der Waals surface area contributed by atoms with Gasteiger partial charge in [-0.25, -0.2) is 15.0 Å². The molecule has 0 bridgehead atoms. The molecule has 11 rings (SSSR count). The van der Waals surface area contributed by atoms with E-state index >= 15 is 0 Å². The first kappa shape index (κ1) is 34.4. The maximum atomic E-state index is 5.35. The molecule has 0 aliphatic heterocycles. The predicted octanol–water partition coefficient (Wildman–Crippen LogP) is 13.1. The van der Waals surface area contributed by atoms with Crippen LogP contribution in [0.5, 0.6) is 0 Å². The fourth-order valence-electron chi connectivity index (χ4n) is 8.99. The molecule has 1 aliphatic carbocycles. The highest BCUT2D eigenvalue weighted by atomic mass is 15.0. The normalized spacial score (nSPS) is 14.2. The van der Waals surface area contributed by atoms with Crippen LogP contribution < -0.4 is 0 Å². The zero-order valence-electron chi connectivity index (χ0n) is 32.1. The minimum Gasteiger partial charge on any atom is -0.260 e. The van der Waals surface area contributed by atoms with E-state index in [1.807, 2.05) is 18.3 Å². The minimum atomic E-state index is -0.653. The highest BCUT2D eigenvalue weighted by Crippen LogP contribution is 2.56. The van der Waals surface area contributed by atoms with Gasteiger partial charge in [0.2, 0.25) is 0 Å². The predicted molar refractivity (Wildman–Crippen MR) is 240 cm³/mol. The quantitative estimate of drug-likeness (QED) is 0.163. The van der Waals surface area contributed by atoms with Gasteiger partial charge in [0.1, 0.15) is 0 Å². The summed E-state index contributed by atoms with van der Waals surface area (Å²) in [7, 11) is 0. The van der Waals surface area contributed by atoms with E-state index in [2.05, 4.69) is 200 Å². The molecule has 4 nitrogen and oxygen atoms in total. The van der Waals surface area contributed by atoms with E-state index < -0.39 is 5.41 Å². The standard InChI is InChI=1S/C55H36N4/c1-4-16-37(17-5-1)38-27-29-40(30-28-38)52-57-53(59-54(58-52)48-34-33-43(39-18-6-2-7-19-39)44-22-10-11-23-45(44)48)41-31-32-47-46-24-12-13-25-49(46)55(50(47)36-41,42-20-8-3-9-21-42)51-26-14-15-35-56-51/h1-36H. The summed E-state index contributed by atoms with van der Waals surface area (Å²) in [5.41, 5.74) is 13.6. The van der Waals surface area contributed by atoms with Crippen molar-refractivity contribution in [3.05, 3.63) is 241 Å². The van der Waals surface area contributed by atoms with Crippen LogP contribution in [0.15, 0.2) is 219 Å². The molecule has 0 saturated carbocycles. The molecule has 1 atom stereocenters. The molecule has 0 fully saturated rings. The molecule has 1 unspecified atom stereocenters. The van der Waals surface area contributed by atoms with Gasteiger partial charge in [-0.2, -0.15) is 0 Å². The van der Waals surface area contributed by atoms with Crippen molar-refractivity contribution >= 4 is 10.8 Å². The molecule has 0 N–H and O–H groups in total. The molecular weight excluding hydrogens is 717 g/mol. The van der Waals surface area contributed by atoms with Crippen LogP contribution in [0.3, 0.4) is 0 Å². The second-order valence-electron chi connectivity index (χ2n) is 15.0. The van der Waals surface area contributed by atoms with Gasteiger partial charge in [-0.3, -0.25) is 4.98 Å². The Hall–Kier alpha value is -7.82. The Bertz CT molecular complexity index is 3090. The third-order valence-electron chi connectivity index (χ3n) is 11.7. The van der Waals surface area contributed by atoms with Gasteiger partial charge in [0, 0.05) is 22.9 Å². The van der Waals surface area contributed by atoms with Crippen LogP contribution in [-0.2, 0) is 5.41 Å². The van der Waals surface area contributed by atoms with Gasteiger partial charge in [0.15, 0.2) is 17.5 Å². The Morgan fingerprint density at radius 2 is 0.814 bits per heavy atom. The van der Waals surface area contributed by atoms with E-state index in [1.54, 1.807) is 0 Å². The Morgan fingerprint density at radius 1 is 0.305 bits per heavy atom. The van der Waals surface area contributed by atoms with Gasteiger partial charge in [-0.15, -0.1) is 0 Å². The lowest BCUT2D eigenvalue weighted by molar-refractivity contribution is 0.735. The van der Waals surface area contributed by atoms with Crippen molar-refractivity contribution in [2.24, 2.45) is 0 Å². The first-order chi connectivity index (χ1) is 29.3. The number of pyridine rings is 1. The van der Waals surface area contributed by atoms with Crippen LogP contribution in [0.2, 0.25) is 0 Å². The van der Waals surface area contributed by atoms with E-state index in [0.29, 0.717) is 17.5 Å². The smallest absolute Gasteiger partial charge is 0.164 e. The summed E-state index contributed by atoms with van der Waals surface area (Å²) in [6, 6.07) is 74.7.